The van der Waals surface area contributed by atoms with E-state index in [9.17, 15) is 22.4 Å². The Morgan fingerprint density at radius 2 is 1.84 bits per heavy atom. The lowest BCUT2D eigenvalue weighted by Gasteiger charge is -2.38. The first-order valence-corrected chi connectivity index (χ1v) is 8.64. The molecule has 0 aliphatic carbocycles. The Labute approximate surface area is 145 Å². The van der Waals surface area contributed by atoms with Gasteiger partial charge in [-0.2, -0.15) is 13.2 Å². The van der Waals surface area contributed by atoms with Crippen LogP contribution in [0.4, 0.5) is 17.6 Å². The van der Waals surface area contributed by atoms with E-state index in [4.69, 9.17) is 0 Å². The highest BCUT2D eigenvalue weighted by atomic mass is 19.4. The maximum absolute atomic E-state index is 13.4. The molecule has 2 rings (SSSR count). The number of rotatable bonds is 5. The smallest absolute Gasteiger partial charge is 0.336 e. The Balaban J connectivity index is 2.07. The lowest BCUT2D eigenvalue weighted by Crippen LogP contribution is -2.51. The molecule has 1 aliphatic heterocycles. The Hall–Kier alpha value is -1.63. The monoisotopic (exact) mass is 360 g/mol. The Kier molecular flexibility index (Phi) is 6.43. The van der Waals surface area contributed by atoms with Gasteiger partial charge in [-0.3, -0.25) is 9.69 Å². The van der Waals surface area contributed by atoms with Gasteiger partial charge in [0.05, 0.1) is 11.1 Å². The van der Waals surface area contributed by atoms with Gasteiger partial charge in [-0.05, 0) is 31.5 Å². The van der Waals surface area contributed by atoms with Crippen molar-refractivity contribution in [2.24, 2.45) is 0 Å². The molecule has 1 saturated heterocycles. The number of carbonyl (C=O) groups excluding carboxylic acids is 1. The molecule has 0 radical (unpaired) electrons. The predicted octanol–water partition coefficient (Wildman–Crippen LogP) is 4.18. The third-order valence-electron chi connectivity index (χ3n) is 4.72. The lowest BCUT2D eigenvalue weighted by atomic mass is 10.0. The molecule has 0 saturated carbocycles. The van der Waals surface area contributed by atoms with Crippen molar-refractivity contribution in [2.45, 2.75) is 45.3 Å². The molecule has 1 aromatic rings. The zero-order chi connectivity index (χ0) is 18.6. The second-order valence-corrected chi connectivity index (χ2v) is 6.51. The van der Waals surface area contributed by atoms with Crippen LogP contribution < -0.4 is 0 Å². The molecule has 25 heavy (non-hydrogen) atoms. The van der Waals surface area contributed by atoms with E-state index in [1.807, 2.05) is 0 Å². The first kappa shape index (κ1) is 19.7. The van der Waals surface area contributed by atoms with Crippen LogP contribution in [0.15, 0.2) is 18.2 Å². The number of halogens is 4. The van der Waals surface area contributed by atoms with Gasteiger partial charge in [0.2, 0.25) is 0 Å². The molecule has 1 heterocycles. The molecule has 7 heteroatoms. The molecular weight excluding hydrogens is 336 g/mol. The van der Waals surface area contributed by atoms with Gasteiger partial charge in [-0.25, -0.2) is 4.39 Å². The van der Waals surface area contributed by atoms with E-state index in [0.29, 0.717) is 44.4 Å². The van der Waals surface area contributed by atoms with E-state index in [0.717, 1.165) is 25.3 Å². The van der Waals surface area contributed by atoms with Crippen molar-refractivity contribution in [1.29, 1.82) is 0 Å². The van der Waals surface area contributed by atoms with Gasteiger partial charge in [-0.15, -0.1) is 0 Å². The van der Waals surface area contributed by atoms with Gasteiger partial charge in [0.25, 0.3) is 5.91 Å². The number of benzene rings is 1. The van der Waals surface area contributed by atoms with E-state index >= 15 is 0 Å². The quantitative estimate of drug-likeness (QED) is 0.736. The first-order chi connectivity index (χ1) is 11.7. The van der Waals surface area contributed by atoms with E-state index < -0.39 is 29.0 Å². The van der Waals surface area contributed by atoms with E-state index in [-0.39, 0.29) is 0 Å². The van der Waals surface area contributed by atoms with Crippen LogP contribution in [0.3, 0.4) is 0 Å². The van der Waals surface area contributed by atoms with Gasteiger partial charge < -0.3 is 4.90 Å². The van der Waals surface area contributed by atoms with Crippen molar-refractivity contribution in [2.75, 3.05) is 26.2 Å². The summed E-state index contributed by atoms with van der Waals surface area (Å²) in [6.45, 7) is 6.19. The maximum Gasteiger partial charge on any atom is 0.417 e. The van der Waals surface area contributed by atoms with Crippen molar-refractivity contribution < 1.29 is 22.4 Å². The molecule has 0 aromatic heterocycles. The second-order valence-electron chi connectivity index (χ2n) is 6.51. The first-order valence-electron chi connectivity index (χ1n) is 8.64. The number of hydrogen-bond donors (Lipinski definition) is 0. The molecule has 3 nitrogen and oxygen atoms in total. The van der Waals surface area contributed by atoms with Crippen LogP contribution in [0.25, 0.3) is 0 Å². The summed E-state index contributed by atoms with van der Waals surface area (Å²) in [6, 6.07) is 2.43. The van der Waals surface area contributed by atoms with Crippen molar-refractivity contribution in [1.82, 2.24) is 9.80 Å². The summed E-state index contributed by atoms with van der Waals surface area (Å²) in [5, 5.41) is 0. The fraction of sp³-hybridized carbons (Fsp3) is 0.611. The van der Waals surface area contributed by atoms with E-state index in [1.54, 1.807) is 0 Å². The molecule has 1 atom stereocenters. The second kappa shape index (κ2) is 8.17. The zero-order valence-electron chi connectivity index (χ0n) is 14.6. The zero-order valence-corrected chi connectivity index (χ0v) is 14.6. The van der Waals surface area contributed by atoms with Crippen LogP contribution in [0, 0.1) is 5.82 Å². The molecule has 1 fully saturated rings. The van der Waals surface area contributed by atoms with Gasteiger partial charge in [0, 0.05) is 32.2 Å². The average molecular weight is 360 g/mol. The highest BCUT2D eigenvalue weighted by Gasteiger charge is 2.37. The normalized spacial score (nSPS) is 17.6. The predicted molar refractivity (Wildman–Crippen MR) is 87.9 cm³/mol. The Bertz CT molecular complexity index is 595. The molecule has 1 aliphatic rings. The molecule has 140 valence electrons. The number of nitrogens with zero attached hydrogens (tertiary/aromatic N) is 2. The molecule has 0 spiro atoms. The van der Waals surface area contributed by atoms with Crippen molar-refractivity contribution in [3.05, 3.63) is 35.1 Å². The minimum atomic E-state index is -4.69. The number of piperazine rings is 1. The summed E-state index contributed by atoms with van der Waals surface area (Å²) in [6.07, 6.45) is -1.39. The molecule has 1 unspecified atom stereocenters. The SMILES string of the molecule is CCCCC(C)N1CCN(C(=O)c2cc(F)ccc2C(F)(F)F)CC1. The third kappa shape index (κ3) is 4.93. The number of alkyl halides is 3. The molecule has 0 bridgehead atoms. The fourth-order valence-corrected chi connectivity index (χ4v) is 3.16. The fourth-order valence-electron chi connectivity index (χ4n) is 3.16. The minimum absolute atomic E-state index is 0.350. The van der Waals surface area contributed by atoms with Crippen LogP contribution in [0.1, 0.15) is 49.0 Å². The molecule has 0 N–H and O–H groups in total. The summed E-state index contributed by atoms with van der Waals surface area (Å²) in [5.74, 6) is -1.60. The maximum atomic E-state index is 13.4. The highest BCUT2D eigenvalue weighted by Crippen LogP contribution is 2.33. The van der Waals surface area contributed by atoms with Gasteiger partial charge in [0.1, 0.15) is 5.82 Å². The summed E-state index contributed by atoms with van der Waals surface area (Å²) >= 11 is 0. The van der Waals surface area contributed by atoms with Crippen LogP contribution in [0.5, 0.6) is 0 Å². The summed E-state index contributed by atoms with van der Waals surface area (Å²) in [4.78, 5) is 16.1. The Morgan fingerprint density at radius 1 is 1.20 bits per heavy atom. The van der Waals surface area contributed by atoms with Crippen LogP contribution in [0.2, 0.25) is 0 Å². The average Bonchev–Trinajstić information content (AvgIpc) is 2.58. The van der Waals surface area contributed by atoms with Crippen LogP contribution in [-0.2, 0) is 6.18 Å². The third-order valence-corrected chi connectivity index (χ3v) is 4.72. The number of hydrogen-bond acceptors (Lipinski definition) is 2. The molecular formula is C18H24F4N2O. The Morgan fingerprint density at radius 3 is 2.40 bits per heavy atom. The van der Waals surface area contributed by atoms with E-state index in [2.05, 4.69) is 18.7 Å². The highest BCUT2D eigenvalue weighted by molar-refractivity contribution is 5.96. The number of unbranched alkanes of at least 4 members (excludes halogenated alkanes) is 1. The van der Waals surface area contributed by atoms with Crippen molar-refractivity contribution >= 4 is 5.91 Å². The number of carbonyl (C=O) groups is 1. The summed E-state index contributed by atoms with van der Waals surface area (Å²) in [7, 11) is 0. The van der Waals surface area contributed by atoms with Crippen LogP contribution >= 0.6 is 0 Å². The van der Waals surface area contributed by atoms with Crippen LogP contribution in [-0.4, -0.2) is 47.9 Å². The standard InChI is InChI=1S/C18H24F4N2O/c1-3-4-5-13(2)23-8-10-24(11-9-23)17(25)15-12-14(19)6-7-16(15)18(20,21)22/h6-7,12-13H,3-5,8-11H2,1-2H3. The largest absolute Gasteiger partial charge is 0.417 e. The topological polar surface area (TPSA) is 23.6 Å². The van der Waals surface area contributed by atoms with Gasteiger partial charge in [-0.1, -0.05) is 19.8 Å². The summed E-state index contributed by atoms with van der Waals surface area (Å²) < 4.78 is 52.7. The van der Waals surface area contributed by atoms with Gasteiger partial charge in [0.15, 0.2) is 0 Å². The molecule has 1 amide bonds. The van der Waals surface area contributed by atoms with Crippen molar-refractivity contribution in [3.8, 4) is 0 Å². The number of amides is 1. The minimum Gasteiger partial charge on any atom is -0.336 e. The lowest BCUT2D eigenvalue weighted by molar-refractivity contribution is -0.138. The summed E-state index contributed by atoms with van der Waals surface area (Å²) in [5.41, 5.74) is -1.70. The van der Waals surface area contributed by atoms with E-state index in [1.165, 1.54) is 4.90 Å². The van der Waals surface area contributed by atoms with Crippen molar-refractivity contribution in [3.63, 3.8) is 0 Å². The van der Waals surface area contributed by atoms with Gasteiger partial charge >= 0.3 is 6.18 Å². The molecule has 1 aromatic carbocycles.